The van der Waals surface area contributed by atoms with Gasteiger partial charge in [0.1, 0.15) is 5.75 Å². The van der Waals surface area contributed by atoms with Crippen molar-refractivity contribution >= 4 is 0 Å². The van der Waals surface area contributed by atoms with Crippen LogP contribution in [0.2, 0.25) is 0 Å². The van der Waals surface area contributed by atoms with Gasteiger partial charge >= 0.3 is 0 Å². The van der Waals surface area contributed by atoms with E-state index in [9.17, 15) is 5.11 Å². The fourth-order valence-corrected chi connectivity index (χ4v) is 3.00. The normalized spacial score (nSPS) is 18.5. The van der Waals surface area contributed by atoms with Gasteiger partial charge < -0.3 is 5.11 Å². The summed E-state index contributed by atoms with van der Waals surface area (Å²) in [5.74, 6) is 0.390. The highest BCUT2D eigenvalue weighted by Crippen LogP contribution is 2.43. The summed E-state index contributed by atoms with van der Waals surface area (Å²) in [6, 6.07) is 7.82. The number of hydrogen-bond donors (Lipinski definition) is 1. The first-order valence-electron chi connectivity index (χ1n) is 7.24. The summed E-state index contributed by atoms with van der Waals surface area (Å²) in [6.45, 7) is 2.23. The maximum Gasteiger partial charge on any atom is 0.115 e. The first-order chi connectivity index (χ1) is 8.77. The van der Waals surface area contributed by atoms with Crippen LogP contribution < -0.4 is 0 Å². The van der Waals surface area contributed by atoms with Gasteiger partial charge in [0.2, 0.25) is 0 Å². The molecule has 0 aliphatic heterocycles. The molecule has 1 N–H and O–H groups in total. The average Bonchev–Trinajstić information content (AvgIpc) is 2.85. The molecule has 1 heteroatoms. The Kier molecular flexibility index (Phi) is 4.46. The molecule has 0 saturated heterocycles. The van der Waals surface area contributed by atoms with E-state index in [-0.39, 0.29) is 5.41 Å². The van der Waals surface area contributed by atoms with Gasteiger partial charge in [-0.3, -0.25) is 0 Å². The van der Waals surface area contributed by atoms with Crippen LogP contribution in [0.3, 0.4) is 0 Å². The molecule has 1 saturated carbocycles. The van der Waals surface area contributed by atoms with Gasteiger partial charge in [-0.2, -0.15) is 0 Å². The van der Waals surface area contributed by atoms with Gasteiger partial charge in [0.15, 0.2) is 0 Å². The minimum atomic E-state index is 0.187. The van der Waals surface area contributed by atoms with Crippen LogP contribution in [0.5, 0.6) is 5.75 Å². The Labute approximate surface area is 111 Å². The molecule has 2 rings (SSSR count). The molecule has 1 aromatic rings. The van der Waals surface area contributed by atoms with Crippen LogP contribution in [0, 0.1) is 0 Å². The van der Waals surface area contributed by atoms with Gasteiger partial charge in [-0.25, -0.2) is 0 Å². The number of rotatable bonds is 5. The third-order valence-electron chi connectivity index (χ3n) is 4.08. The van der Waals surface area contributed by atoms with Gasteiger partial charge in [-0.05, 0) is 37.0 Å². The van der Waals surface area contributed by atoms with Crippen LogP contribution in [-0.2, 0) is 5.41 Å². The molecule has 1 nitrogen and oxygen atoms in total. The number of benzene rings is 1. The van der Waals surface area contributed by atoms with Crippen LogP contribution in [0.15, 0.2) is 36.4 Å². The third-order valence-corrected chi connectivity index (χ3v) is 4.08. The van der Waals surface area contributed by atoms with Gasteiger partial charge in [-0.15, -0.1) is 0 Å². The second-order valence-electron chi connectivity index (χ2n) is 5.46. The molecule has 0 radical (unpaired) electrons. The molecule has 0 atom stereocenters. The number of phenolic OH excluding ortho intramolecular Hbond substituents is 1. The smallest absolute Gasteiger partial charge is 0.115 e. The maximum atomic E-state index is 9.67. The highest BCUT2D eigenvalue weighted by Gasteiger charge is 2.32. The van der Waals surface area contributed by atoms with Crippen LogP contribution >= 0.6 is 0 Å². The number of hydrogen-bond acceptors (Lipinski definition) is 1. The third kappa shape index (κ3) is 2.95. The largest absolute Gasteiger partial charge is 0.508 e. The minimum absolute atomic E-state index is 0.187. The van der Waals surface area contributed by atoms with Gasteiger partial charge in [0, 0.05) is 5.41 Å². The van der Waals surface area contributed by atoms with E-state index in [1.54, 1.807) is 6.07 Å². The van der Waals surface area contributed by atoms with Gasteiger partial charge in [0.25, 0.3) is 0 Å². The Morgan fingerprint density at radius 1 is 1.28 bits per heavy atom. The molecule has 0 unspecified atom stereocenters. The predicted octanol–water partition coefficient (Wildman–Crippen LogP) is 4.95. The molecule has 1 aliphatic carbocycles. The lowest BCUT2D eigenvalue weighted by Gasteiger charge is -2.26. The maximum absolute atomic E-state index is 9.67. The van der Waals surface area contributed by atoms with Crippen molar-refractivity contribution in [1.29, 1.82) is 0 Å². The van der Waals surface area contributed by atoms with Crippen molar-refractivity contribution in [3.05, 3.63) is 42.0 Å². The molecular weight excluding hydrogens is 220 g/mol. The van der Waals surface area contributed by atoms with Crippen molar-refractivity contribution in [2.75, 3.05) is 0 Å². The summed E-state index contributed by atoms with van der Waals surface area (Å²) in [5.41, 5.74) is 1.47. The van der Waals surface area contributed by atoms with Crippen LogP contribution in [0.25, 0.3) is 0 Å². The van der Waals surface area contributed by atoms with E-state index in [0.29, 0.717) is 5.75 Å². The molecule has 98 valence electrons. The average molecular weight is 244 g/mol. The molecule has 0 aromatic heterocycles. The van der Waals surface area contributed by atoms with E-state index < -0.39 is 0 Å². The zero-order chi connectivity index (χ0) is 12.8. The summed E-state index contributed by atoms with van der Waals surface area (Å²) < 4.78 is 0. The van der Waals surface area contributed by atoms with Gasteiger partial charge in [0.05, 0.1) is 0 Å². The Balaban J connectivity index is 2.19. The summed E-state index contributed by atoms with van der Waals surface area (Å²) in [5, 5.41) is 9.67. The molecule has 18 heavy (non-hydrogen) atoms. The number of phenols is 1. The molecule has 0 bridgehead atoms. The fourth-order valence-electron chi connectivity index (χ4n) is 3.00. The summed E-state index contributed by atoms with van der Waals surface area (Å²) in [6.07, 6.45) is 13.5. The van der Waals surface area contributed by atoms with Crippen molar-refractivity contribution in [2.24, 2.45) is 0 Å². The topological polar surface area (TPSA) is 20.2 Å². The monoisotopic (exact) mass is 244 g/mol. The van der Waals surface area contributed by atoms with Crippen molar-refractivity contribution in [3.63, 3.8) is 0 Å². The molecule has 1 aromatic carbocycles. The molecular formula is C17H24O. The lowest BCUT2D eigenvalue weighted by molar-refractivity contribution is 0.470. The van der Waals surface area contributed by atoms with Crippen LogP contribution in [-0.4, -0.2) is 5.11 Å². The lowest BCUT2D eigenvalue weighted by atomic mass is 9.78. The van der Waals surface area contributed by atoms with Crippen molar-refractivity contribution in [1.82, 2.24) is 0 Å². The highest BCUT2D eigenvalue weighted by atomic mass is 16.3. The second kappa shape index (κ2) is 6.08. The second-order valence-corrected chi connectivity index (χ2v) is 5.46. The zero-order valence-electron chi connectivity index (χ0n) is 11.4. The molecule has 1 fully saturated rings. The number of unbranched alkanes of at least 4 members (excludes halogenated alkanes) is 2. The minimum Gasteiger partial charge on any atom is -0.508 e. The lowest BCUT2D eigenvalue weighted by Crippen LogP contribution is -2.18. The van der Waals surface area contributed by atoms with E-state index in [0.717, 1.165) is 0 Å². The van der Waals surface area contributed by atoms with Crippen molar-refractivity contribution in [2.45, 2.75) is 57.3 Å². The summed E-state index contributed by atoms with van der Waals surface area (Å²) in [4.78, 5) is 0. The van der Waals surface area contributed by atoms with Crippen LogP contribution in [0.1, 0.15) is 57.4 Å². The molecule has 1 aliphatic rings. The number of allylic oxidation sites excluding steroid dienone is 2. The fraction of sp³-hybridized carbons (Fsp3) is 0.529. The van der Waals surface area contributed by atoms with E-state index >= 15 is 0 Å². The van der Waals surface area contributed by atoms with Crippen molar-refractivity contribution in [3.8, 4) is 5.75 Å². The Morgan fingerprint density at radius 3 is 2.72 bits per heavy atom. The number of aromatic hydroxyl groups is 1. The predicted molar refractivity (Wildman–Crippen MR) is 76.9 cm³/mol. The van der Waals surface area contributed by atoms with E-state index in [2.05, 4.69) is 25.1 Å². The molecule has 0 spiro atoms. The van der Waals surface area contributed by atoms with E-state index in [1.807, 2.05) is 12.1 Å². The van der Waals surface area contributed by atoms with E-state index in [4.69, 9.17) is 0 Å². The Bertz CT molecular complexity index is 400. The standard InChI is InChI=1S/C17H24O/c1-2-3-4-5-11-17(12-6-7-13-17)15-9-8-10-16(18)14-15/h5,8-11,14,18H,2-4,6-7,12-13H2,1H3/b11-5+. The van der Waals surface area contributed by atoms with E-state index in [1.165, 1.54) is 50.5 Å². The molecule has 0 amide bonds. The zero-order valence-corrected chi connectivity index (χ0v) is 11.4. The molecule has 0 heterocycles. The first-order valence-corrected chi connectivity index (χ1v) is 7.24. The van der Waals surface area contributed by atoms with Gasteiger partial charge in [-0.1, -0.05) is 56.9 Å². The summed E-state index contributed by atoms with van der Waals surface area (Å²) in [7, 11) is 0. The quantitative estimate of drug-likeness (QED) is 0.574. The van der Waals surface area contributed by atoms with Crippen molar-refractivity contribution < 1.29 is 5.11 Å². The highest BCUT2D eigenvalue weighted by molar-refractivity contribution is 5.37. The SMILES string of the molecule is CCCC/C=C/C1(c2cccc(O)c2)CCCC1. The first kappa shape index (κ1) is 13.2. The van der Waals surface area contributed by atoms with Crippen LogP contribution in [0.4, 0.5) is 0 Å². The Hall–Kier alpha value is -1.24. The Morgan fingerprint density at radius 2 is 2.06 bits per heavy atom. The summed E-state index contributed by atoms with van der Waals surface area (Å²) >= 11 is 0.